The van der Waals surface area contributed by atoms with Gasteiger partial charge in [0.25, 0.3) is 0 Å². The van der Waals surface area contributed by atoms with Crippen LogP contribution in [0.2, 0.25) is 0 Å². The van der Waals surface area contributed by atoms with Crippen molar-refractivity contribution in [1.82, 2.24) is 19.9 Å². The number of sulfonamides is 2. The first-order valence-electron chi connectivity index (χ1n) is 12.0. The second kappa shape index (κ2) is 20.9. The van der Waals surface area contributed by atoms with Gasteiger partial charge in [-0.15, -0.1) is 0 Å². The topological polar surface area (TPSA) is 304 Å². The molecule has 2 heterocycles. The molecule has 0 bridgehead atoms. The molecule has 0 spiro atoms. The number of rotatable bonds is 8. The van der Waals surface area contributed by atoms with Crippen LogP contribution in [0.4, 0.5) is 23.3 Å². The Bertz CT molecular complexity index is 1380. The Morgan fingerprint density at radius 3 is 1.00 bits per heavy atom. The summed E-state index contributed by atoms with van der Waals surface area (Å²) in [6.45, 7) is 2.39. The number of hydrogen-bond acceptors (Lipinski definition) is 14. The van der Waals surface area contributed by atoms with Gasteiger partial charge in [0.1, 0.15) is 0 Å². The van der Waals surface area contributed by atoms with Crippen LogP contribution in [0.1, 0.15) is 0 Å². The quantitative estimate of drug-likeness (QED) is 0.110. The summed E-state index contributed by atoms with van der Waals surface area (Å²) in [5, 5.41) is 0. The SMILES string of the molecule is NCCN.NCCN.Nc1ccc(S(=O)(=O)[N-]c2ncccn2)cc1.Nc1ccc(S(=O)(=O)[N-]c2ncccn2)cc1.[Cu+2]. The minimum Gasteiger partial charge on any atom is -0.399 e. The van der Waals surface area contributed by atoms with Crippen molar-refractivity contribution in [1.29, 1.82) is 0 Å². The van der Waals surface area contributed by atoms with Gasteiger partial charge in [-0.2, -0.15) is 0 Å². The molecule has 0 aliphatic carbocycles. The molecule has 0 amide bonds. The number of anilines is 2. The van der Waals surface area contributed by atoms with E-state index in [2.05, 4.69) is 29.4 Å². The molecule has 237 valence electrons. The van der Waals surface area contributed by atoms with Gasteiger partial charge in [0.2, 0.25) is 20.0 Å². The summed E-state index contributed by atoms with van der Waals surface area (Å²) < 4.78 is 54.3. The summed E-state index contributed by atoms with van der Waals surface area (Å²) in [5.41, 5.74) is 31.5. The second-order valence-electron chi connectivity index (χ2n) is 7.52. The molecular formula is C24H34CuN12O4S2. The third kappa shape index (κ3) is 15.7. The second-order valence-corrected chi connectivity index (χ2v) is 10.7. The van der Waals surface area contributed by atoms with Gasteiger partial charge in [0.05, 0.1) is 9.79 Å². The maximum Gasteiger partial charge on any atom is 2.00 e. The number of nitrogens with two attached hydrogens (primary N) is 6. The number of benzene rings is 2. The Balaban J connectivity index is 0.000000646. The normalized spacial score (nSPS) is 10.1. The zero-order valence-corrected chi connectivity index (χ0v) is 25.4. The molecule has 0 aliphatic rings. The molecule has 0 saturated carbocycles. The van der Waals surface area contributed by atoms with Crippen molar-refractivity contribution in [3.63, 3.8) is 0 Å². The van der Waals surface area contributed by atoms with Crippen LogP contribution in [0.3, 0.4) is 0 Å². The molecule has 0 unspecified atom stereocenters. The Hall–Kier alpha value is -3.94. The van der Waals surface area contributed by atoms with Crippen LogP contribution < -0.4 is 34.4 Å². The van der Waals surface area contributed by atoms with Crippen molar-refractivity contribution >= 4 is 43.3 Å². The molecule has 16 nitrogen and oxygen atoms in total. The van der Waals surface area contributed by atoms with E-state index in [4.69, 9.17) is 34.4 Å². The number of aromatic nitrogens is 4. The summed E-state index contributed by atoms with van der Waals surface area (Å²) in [6.07, 6.45) is 5.68. The van der Waals surface area contributed by atoms with Crippen molar-refractivity contribution < 1.29 is 33.9 Å². The molecule has 0 fully saturated rings. The number of hydrogen-bond donors (Lipinski definition) is 6. The predicted octanol–water partition coefficient (Wildman–Crippen LogP) is 0.711. The molecule has 4 aromatic rings. The number of nitrogen functional groups attached to an aromatic ring is 2. The maximum absolute atomic E-state index is 11.8. The van der Waals surface area contributed by atoms with E-state index in [9.17, 15) is 16.8 Å². The first-order chi connectivity index (χ1) is 20.0. The summed E-state index contributed by atoms with van der Waals surface area (Å²) in [6, 6.07) is 14.7. The summed E-state index contributed by atoms with van der Waals surface area (Å²) in [4.78, 5) is 15.0. The molecule has 2 aromatic heterocycles. The van der Waals surface area contributed by atoms with Crippen molar-refractivity contribution in [3.8, 4) is 0 Å². The van der Waals surface area contributed by atoms with Crippen LogP contribution in [-0.4, -0.2) is 63.0 Å². The van der Waals surface area contributed by atoms with Crippen molar-refractivity contribution in [2.75, 3.05) is 37.6 Å². The Labute approximate surface area is 261 Å². The summed E-state index contributed by atoms with van der Waals surface area (Å²) in [5.74, 6) is -0.186. The van der Waals surface area contributed by atoms with E-state index in [1.165, 1.54) is 73.3 Å². The fourth-order valence-electron chi connectivity index (χ4n) is 2.28. The minimum absolute atomic E-state index is 0. The van der Waals surface area contributed by atoms with Crippen LogP contribution in [0.15, 0.2) is 95.2 Å². The maximum atomic E-state index is 11.8. The first-order valence-corrected chi connectivity index (χ1v) is 14.9. The zero-order chi connectivity index (χ0) is 31.4. The van der Waals surface area contributed by atoms with E-state index in [0.29, 0.717) is 37.6 Å². The Morgan fingerprint density at radius 1 is 0.512 bits per heavy atom. The molecule has 12 N–H and O–H groups in total. The predicted molar refractivity (Wildman–Crippen MR) is 162 cm³/mol. The van der Waals surface area contributed by atoms with Crippen LogP contribution in [0.5, 0.6) is 0 Å². The molecule has 0 saturated heterocycles. The van der Waals surface area contributed by atoms with Gasteiger partial charge in [0.15, 0.2) is 0 Å². The van der Waals surface area contributed by atoms with E-state index < -0.39 is 20.0 Å². The van der Waals surface area contributed by atoms with Crippen LogP contribution in [0.25, 0.3) is 9.44 Å². The molecule has 0 aliphatic heterocycles. The van der Waals surface area contributed by atoms with E-state index >= 15 is 0 Å². The fourth-order valence-corrected chi connectivity index (χ4v) is 4.07. The Kier molecular flexibility index (Phi) is 18.9. The summed E-state index contributed by atoms with van der Waals surface area (Å²) >= 11 is 0. The van der Waals surface area contributed by atoms with E-state index in [0.717, 1.165) is 0 Å². The van der Waals surface area contributed by atoms with Crippen molar-refractivity contribution in [3.05, 3.63) is 94.9 Å². The largest absolute Gasteiger partial charge is 2.00 e. The summed E-state index contributed by atoms with van der Waals surface area (Å²) in [7, 11) is -7.57. The van der Waals surface area contributed by atoms with Gasteiger partial charge in [-0.25, -0.2) is 16.8 Å². The van der Waals surface area contributed by atoms with Gasteiger partial charge in [0, 0.05) is 49.5 Å². The van der Waals surface area contributed by atoms with Gasteiger partial charge in [-0.3, -0.25) is 9.44 Å². The van der Waals surface area contributed by atoms with E-state index in [-0.39, 0.29) is 38.8 Å². The molecule has 0 atom stereocenters. The third-order valence-electron chi connectivity index (χ3n) is 4.20. The standard InChI is InChI=1S/2C10H9N4O2S.2C2H8N2.Cu/c2*11-8-2-4-9(5-3-8)17(15,16)14-10-12-6-1-7-13-10;2*3-1-2-4;/h2*1-7H,11H2;2*1-4H2;/q2*-1;;;+2. The molecule has 19 heteroatoms. The van der Waals surface area contributed by atoms with Gasteiger partial charge < -0.3 is 54.3 Å². The van der Waals surface area contributed by atoms with Crippen molar-refractivity contribution in [2.45, 2.75) is 9.79 Å². The van der Waals surface area contributed by atoms with E-state index in [1.54, 1.807) is 12.1 Å². The fraction of sp³-hybridized carbons (Fsp3) is 0.167. The molecular weight excluding hydrogens is 648 g/mol. The van der Waals surface area contributed by atoms with Gasteiger partial charge in [-0.1, -0.05) is 12.1 Å². The Morgan fingerprint density at radius 2 is 0.767 bits per heavy atom. The zero-order valence-electron chi connectivity index (χ0n) is 22.8. The number of nitrogens with zero attached hydrogens (tertiary/aromatic N) is 6. The van der Waals surface area contributed by atoms with Gasteiger partial charge in [-0.05, 0) is 73.3 Å². The first kappa shape index (κ1) is 39.1. The van der Waals surface area contributed by atoms with Crippen LogP contribution in [0, 0.1) is 0 Å². The average Bonchev–Trinajstić information content (AvgIpc) is 2.99. The molecule has 4 rings (SSSR count). The molecule has 2 aromatic carbocycles. The van der Waals surface area contributed by atoms with Gasteiger partial charge >= 0.3 is 17.1 Å². The minimum atomic E-state index is -3.79. The molecule has 43 heavy (non-hydrogen) atoms. The molecule has 1 radical (unpaired) electrons. The smallest absolute Gasteiger partial charge is 0.399 e. The van der Waals surface area contributed by atoms with E-state index in [1.807, 2.05) is 0 Å². The monoisotopic (exact) mass is 681 g/mol. The van der Waals surface area contributed by atoms with Crippen molar-refractivity contribution in [2.24, 2.45) is 22.9 Å². The van der Waals surface area contributed by atoms with Crippen LogP contribution in [-0.2, 0) is 37.1 Å². The average molecular weight is 682 g/mol. The van der Waals surface area contributed by atoms with Crippen LogP contribution >= 0.6 is 0 Å². The third-order valence-corrected chi connectivity index (χ3v) is 6.74.